The van der Waals surface area contributed by atoms with Crippen molar-refractivity contribution in [2.75, 3.05) is 14.2 Å². The van der Waals surface area contributed by atoms with Gasteiger partial charge in [0.25, 0.3) is 0 Å². The third-order valence-corrected chi connectivity index (χ3v) is 4.67. The quantitative estimate of drug-likeness (QED) is 0.526. The van der Waals surface area contributed by atoms with Crippen LogP contribution in [0.3, 0.4) is 0 Å². The number of hydrogen-bond donors (Lipinski definition) is 0. The summed E-state index contributed by atoms with van der Waals surface area (Å²) < 4.78 is 13.0. The first-order valence-corrected chi connectivity index (χ1v) is 9.43. The van der Waals surface area contributed by atoms with Gasteiger partial charge >= 0.3 is 11.9 Å². The van der Waals surface area contributed by atoms with Gasteiger partial charge in [-0.25, -0.2) is 9.59 Å². The number of carbonyl (C=O) groups excluding carboxylic acids is 2. The molecule has 2 aromatic heterocycles. The first-order valence-electron chi connectivity index (χ1n) is 9.43. The van der Waals surface area contributed by atoms with Gasteiger partial charge in [0, 0.05) is 17.9 Å². The molecular formula is C21H25N5O4. The molecule has 0 bridgehead atoms. The lowest BCUT2D eigenvalue weighted by molar-refractivity contribution is 0.0584. The molecule has 0 fully saturated rings. The number of benzene rings is 1. The van der Waals surface area contributed by atoms with Crippen LogP contribution in [-0.4, -0.2) is 50.6 Å². The highest BCUT2D eigenvalue weighted by Gasteiger charge is 2.18. The van der Waals surface area contributed by atoms with Gasteiger partial charge in [-0.2, -0.15) is 10.2 Å². The number of nitrogens with zero attached hydrogens (tertiary/aromatic N) is 5. The molecule has 0 N–H and O–H groups in total. The highest BCUT2D eigenvalue weighted by Crippen LogP contribution is 2.13. The van der Waals surface area contributed by atoms with Crippen molar-refractivity contribution in [3.8, 4) is 0 Å². The summed E-state index contributed by atoms with van der Waals surface area (Å²) in [5.74, 6) is -0.950. The van der Waals surface area contributed by atoms with Crippen LogP contribution < -0.4 is 0 Å². The number of ether oxygens (including phenoxy) is 2. The maximum atomic E-state index is 11.8. The van der Waals surface area contributed by atoms with Gasteiger partial charge in [-0.3, -0.25) is 14.3 Å². The zero-order valence-electron chi connectivity index (χ0n) is 17.5. The lowest BCUT2D eigenvalue weighted by atomic mass is 10.2. The van der Waals surface area contributed by atoms with E-state index >= 15 is 0 Å². The van der Waals surface area contributed by atoms with Gasteiger partial charge in [0.15, 0.2) is 11.4 Å². The zero-order valence-corrected chi connectivity index (χ0v) is 17.5. The molecule has 0 aliphatic carbocycles. The monoisotopic (exact) mass is 411 g/mol. The van der Waals surface area contributed by atoms with Crippen molar-refractivity contribution < 1.29 is 19.1 Å². The Bertz CT molecular complexity index is 963. The van der Waals surface area contributed by atoms with Gasteiger partial charge < -0.3 is 9.47 Å². The molecule has 9 heteroatoms. The fraction of sp³-hybridized carbons (Fsp3) is 0.333. The Kier molecular flexibility index (Phi) is 6.63. The van der Waals surface area contributed by atoms with Gasteiger partial charge in [-0.15, -0.1) is 0 Å². The summed E-state index contributed by atoms with van der Waals surface area (Å²) in [6.45, 7) is 5.24. The number of esters is 2. The van der Waals surface area contributed by atoms with E-state index in [0.29, 0.717) is 19.9 Å². The number of carbonyl (C=O) groups is 2. The highest BCUT2D eigenvalue weighted by molar-refractivity contribution is 5.87. The van der Waals surface area contributed by atoms with E-state index in [2.05, 4.69) is 15.1 Å². The molecule has 0 amide bonds. The average Bonchev–Trinajstić information content (AvgIpc) is 3.30. The fourth-order valence-corrected chi connectivity index (χ4v) is 3.08. The molecule has 3 aromatic rings. The van der Waals surface area contributed by atoms with Crippen LogP contribution in [0.25, 0.3) is 0 Å². The molecule has 0 aliphatic heterocycles. The van der Waals surface area contributed by atoms with Crippen molar-refractivity contribution in [3.63, 3.8) is 0 Å². The Hall–Kier alpha value is -3.46. The van der Waals surface area contributed by atoms with E-state index in [0.717, 1.165) is 17.0 Å². The van der Waals surface area contributed by atoms with Crippen LogP contribution in [-0.2, 0) is 29.4 Å². The number of methoxy groups -OCH3 is 2. The molecule has 0 saturated carbocycles. The summed E-state index contributed by atoms with van der Waals surface area (Å²) in [6.07, 6.45) is 0. The average molecular weight is 411 g/mol. The van der Waals surface area contributed by atoms with Gasteiger partial charge in [0.1, 0.15) is 0 Å². The summed E-state index contributed by atoms with van der Waals surface area (Å²) >= 11 is 0. The molecule has 9 nitrogen and oxygen atoms in total. The smallest absolute Gasteiger partial charge is 0.358 e. The summed E-state index contributed by atoms with van der Waals surface area (Å²) in [4.78, 5) is 25.7. The minimum Gasteiger partial charge on any atom is -0.464 e. The summed E-state index contributed by atoms with van der Waals surface area (Å²) in [5.41, 5.74) is 3.31. The van der Waals surface area contributed by atoms with Crippen molar-refractivity contribution in [1.82, 2.24) is 24.5 Å². The van der Waals surface area contributed by atoms with E-state index in [9.17, 15) is 9.59 Å². The first kappa shape index (κ1) is 21.3. The van der Waals surface area contributed by atoms with E-state index in [1.807, 2.05) is 44.2 Å². The maximum Gasteiger partial charge on any atom is 0.358 e. The van der Waals surface area contributed by atoms with Crippen LogP contribution in [0.1, 0.15) is 37.9 Å². The minimum atomic E-state index is -0.475. The molecule has 158 valence electrons. The first-order chi connectivity index (χ1) is 14.4. The predicted molar refractivity (Wildman–Crippen MR) is 109 cm³/mol. The van der Waals surface area contributed by atoms with Crippen molar-refractivity contribution in [2.24, 2.45) is 0 Å². The lowest BCUT2D eigenvalue weighted by Gasteiger charge is -2.23. The SMILES string of the molecule is COC(=O)c1cc(C)n(CN(Cc2ccccc2)Cn2nc(C(=O)OC)cc2C)n1. The van der Waals surface area contributed by atoms with Crippen molar-refractivity contribution in [3.05, 3.63) is 70.8 Å². The molecule has 30 heavy (non-hydrogen) atoms. The van der Waals surface area contributed by atoms with Crippen molar-refractivity contribution >= 4 is 11.9 Å². The zero-order chi connectivity index (χ0) is 21.7. The second kappa shape index (κ2) is 9.36. The third kappa shape index (κ3) is 4.93. The van der Waals surface area contributed by atoms with Crippen LogP contribution in [0.5, 0.6) is 0 Å². The largest absolute Gasteiger partial charge is 0.464 e. The molecule has 0 atom stereocenters. The van der Waals surface area contributed by atoms with E-state index in [-0.39, 0.29) is 11.4 Å². The Morgan fingerprint density at radius 1 is 0.867 bits per heavy atom. The van der Waals surface area contributed by atoms with Crippen LogP contribution in [0.2, 0.25) is 0 Å². The molecule has 2 heterocycles. The van der Waals surface area contributed by atoms with E-state index in [1.54, 1.807) is 21.5 Å². The fourth-order valence-electron chi connectivity index (χ4n) is 3.08. The Morgan fingerprint density at radius 2 is 1.33 bits per heavy atom. The van der Waals surface area contributed by atoms with Crippen LogP contribution >= 0.6 is 0 Å². The number of aromatic nitrogens is 4. The van der Waals surface area contributed by atoms with Crippen LogP contribution in [0, 0.1) is 13.8 Å². The van der Waals surface area contributed by atoms with E-state index in [4.69, 9.17) is 9.47 Å². The summed E-state index contributed by atoms with van der Waals surface area (Å²) in [5, 5.41) is 8.74. The number of rotatable bonds is 8. The standard InChI is InChI=1S/C21H25N5O4/c1-15-10-18(20(27)29-3)22-25(15)13-24(12-17-8-6-5-7-9-17)14-26-16(2)11-19(23-26)21(28)30-4/h5-11H,12-14H2,1-4H3. The minimum absolute atomic E-state index is 0.262. The number of aryl methyl sites for hydroxylation is 2. The van der Waals surface area contributed by atoms with Crippen LogP contribution in [0.4, 0.5) is 0 Å². The van der Waals surface area contributed by atoms with Gasteiger partial charge in [0.05, 0.1) is 27.6 Å². The third-order valence-electron chi connectivity index (χ3n) is 4.67. The second-order valence-corrected chi connectivity index (χ2v) is 6.92. The molecule has 0 aliphatic rings. The van der Waals surface area contributed by atoms with Crippen molar-refractivity contribution in [1.29, 1.82) is 0 Å². The summed E-state index contributed by atoms with van der Waals surface area (Å²) in [6, 6.07) is 13.4. The maximum absolute atomic E-state index is 11.8. The topological polar surface area (TPSA) is 91.5 Å². The highest BCUT2D eigenvalue weighted by atomic mass is 16.5. The lowest BCUT2D eigenvalue weighted by Crippen LogP contribution is -2.30. The molecule has 0 radical (unpaired) electrons. The Balaban J connectivity index is 1.86. The Morgan fingerprint density at radius 3 is 1.77 bits per heavy atom. The van der Waals surface area contributed by atoms with E-state index < -0.39 is 11.9 Å². The van der Waals surface area contributed by atoms with Gasteiger partial charge in [0.2, 0.25) is 0 Å². The summed E-state index contributed by atoms with van der Waals surface area (Å²) in [7, 11) is 2.66. The van der Waals surface area contributed by atoms with Gasteiger partial charge in [-0.05, 0) is 31.5 Å². The number of hydrogen-bond acceptors (Lipinski definition) is 7. The molecule has 0 unspecified atom stereocenters. The molecular weight excluding hydrogens is 386 g/mol. The normalized spacial score (nSPS) is 11.0. The second-order valence-electron chi connectivity index (χ2n) is 6.92. The predicted octanol–water partition coefficient (Wildman–Crippen LogP) is 2.39. The van der Waals surface area contributed by atoms with E-state index in [1.165, 1.54) is 14.2 Å². The molecule has 0 spiro atoms. The van der Waals surface area contributed by atoms with Gasteiger partial charge in [-0.1, -0.05) is 30.3 Å². The van der Waals surface area contributed by atoms with Crippen molar-refractivity contribution in [2.45, 2.75) is 33.7 Å². The van der Waals surface area contributed by atoms with Crippen LogP contribution in [0.15, 0.2) is 42.5 Å². The molecule has 3 rings (SSSR count). The Labute approximate surface area is 174 Å². The molecule has 0 saturated heterocycles. The molecule has 1 aromatic carbocycles.